The average Bonchev–Trinajstić information content (AvgIpc) is 3.71. The molecule has 0 amide bonds. The molecule has 6 nitrogen and oxygen atoms in total. The maximum absolute atomic E-state index is 13.2. The molecule has 1 fully saturated rings. The summed E-state index contributed by atoms with van der Waals surface area (Å²) in [6.45, 7) is 2.18. The number of aryl methyl sites for hydroxylation is 1. The lowest BCUT2D eigenvalue weighted by Gasteiger charge is -2.29. The molecule has 5 aromatic rings. The van der Waals surface area contributed by atoms with Crippen LogP contribution in [0.2, 0.25) is 10.0 Å². The zero-order valence-corrected chi connectivity index (χ0v) is 28.4. The molecule has 7 rings (SSSR count). The van der Waals surface area contributed by atoms with Crippen LogP contribution in [0.25, 0.3) is 27.5 Å². The lowest BCUT2D eigenvalue weighted by Crippen LogP contribution is -2.28. The molecule has 1 aliphatic carbocycles. The van der Waals surface area contributed by atoms with E-state index in [1.165, 1.54) is 23.3 Å². The highest BCUT2D eigenvalue weighted by atomic mass is 35.5. The van der Waals surface area contributed by atoms with Gasteiger partial charge in [-0.25, -0.2) is 14.8 Å². The summed E-state index contributed by atoms with van der Waals surface area (Å²) in [5.41, 5.74) is 5.69. The van der Waals surface area contributed by atoms with Crippen LogP contribution >= 0.6 is 34.5 Å². The van der Waals surface area contributed by atoms with Gasteiger partial charge >= 0.3 is 5.63 Å². The molecule has 0 radical (unpaired) electrons. The maximum Gasteiger partial charge on any atom is 0.345 e. The van der Waals surface area contributed by atoms with E-state index in [1.807, 2.05) is 53.5 Å². The van der Waals surface area contributed by atoms with E-state index in [0.717, 1.165) is 72.7 Å². The Hall–Kier alpha value is -3.91. The fourth-order valence-corrected chi connectivity index (χ4v) is 7.88. The topological polar surface area (TPSA) is 78.9 Å². The fraction of sp³-hybridized carbons (Fsp3) is 0.289. The quantitative estimate of drug-likeness (QED) is 0.123. The number of allylic oxidation sites excluding steroid dienone is 1. The molecule has 0 unspecified atom stereocenters. The molecule has 240 valence electrons. The van der Waals surface area contributed by atoms with Gasteiger partial charge in [0.2, 0.25) is 5.13 Å². The number of thiazole rings is 1. The summed E-state index contributed by atoms with van der Waals surface area (Å²) in [6.07, 6.45) is 12.2. The van der Waals surface area contributed by atoms with Gasteiger partial charge in [0.05, 0.1) is 22.2 Å². The van der Waals surface area contributed by atoms with Crippen LogP contribution in [0, 0.1) is 5.92 Å². The van der Waals surface area contributed by atoms with Gasteiger partial charge in [0.15, 0.2) is 0 Å². The molecule has 0 bridgehead atoms. The number of hydrogen-bond donors (Lipinski definition) is 1. The van der Waals surface area contributed by atoms with Gasteiger partial charge in [-0.1, -0.05) is 85.0 Å². The van der Waals surface area contributed by atoms with Crippen molar-refractivity contribution in [1.82, 2.24) is 4.98 Å². The second kappa shape index (κ2) is 13.7. The molecule has 2 aromatic heterocycles. The standard InChI is InChI=1S/C38H35Cl2N3O3S/c1-2-3-4-5-7-25-19-27-20-31(37(45)46-33(27)21-32(25)44)34-22-41-38(47-34)43-36(24-12-16-29(40)17-13-24)30-9-6-8-26(35(30)42-43)18-23-10-14-28(39)15-11-23/h10-22,30,36,44H,2-9H2,1H3/b26-18+/t30-,36-/m0/s1. The molecule has 1 aliphatic heterocycles. The van der Waals surface area contributed by atoms with Gasteiger partial charge in [-0.2, -0.15) is 5.10 Å². The number of rotatable bonds is 9. The minimum absolute atomic E-state index is 0.0681. The SMILES string of the molecule is CCCCCCc1cc2cc(-c3cnc(N4N=C5/C(=C/c6ccc(Cl)cc6)CCC[C@@H]5[C@@H]4c4ccc(Cl)cc4)s3)c(=O)oc2cc1O. The summed E-state index contributed by atoms with van der Waals surface area (Å²) >= 11 is 13.9. The molecule has 1 saturated carbocycles. The number of hydrazone groups is 1. The predicted molar refractivity (Wildman–Crippen MR) is 194 cm³/mol. The van der Waals surface area contributed by atoms with Gasteiger partial charge in [0, 0.05) is 33.6 Å². The smallest absolute Gasteiger partial charge is 0.345 e. The van der Waals surface area contributed by atoms with Crippen molar-refractivity contribution in [3.05, 3.63) is 116 Å². The average molecular weight is 685 g/mol. The molecule has 2 aliphatic rings. The normalized spacial score (nSPS) is 18.6. The number of fused-ring (bicyclic) bond motifs is 2. The van der Waals surface area contributed by atoms with E-state index in [1.54, 1.807) is 12.3 Å². The number of nitrogens with zero attached hydrogens (tertiary/aromatic N) is 3. The third-order valence-electron chi connectivity index (χ3n) is 9.11. The van der Waals surface area contributed by atoms with Crippen molar-refractivity contribution in [1.29, 1.82) is 0 Å². The van der Waals surface area contributed by atoms with Crippen molar-refractivity contribution >= 4 is 62.4 Å². The number of anilines is 1. The number of aromatic hydroxyl groups is 1. The summed E-state index contributed by atoms with van der Waals surface area (Å²) in [5.74, 6) is 0.335. The summed E-state index contributed by atoms with van der Waals surface area (Å²) in [4.78, 5) is 18.7. The van der Waals surface area contributed by atoms with E-state index in [2.05, 4.69) is 25.1 Å². The van der Waals surface area contributed by atoms with E-state index in [-0.39, 0.29) is 17.7 Å². The van der Waals surface area contributed by atoms with E-state index >= 15 is 0 Å². The molecular weight excluding hydrogens is 649 g/mol. The van der Waals surface area contributed by atoms with Crippen molar-refractivity contribution in [3.8, 4) is 16.2 Å². The van der Waals surface area contributed by atoms with E-state index in [9.17, 15) is 9.90 Å². The minimum atomic E-state index is -0.466. The Balaban J connectivity index is 1.25. The van der Waals surface area contributed by atoms with Gasteiger partial charge in [-0.3, -0.25) is 0 Å². The number of phenols is 1. The molecule has 47 heavy (non-hydrogen) atoms. The van der Waals surface area contributed by atoms with Gasteiger partial charge in [0.1, 0.15) is 11.3 Å². The largest absolute Gasteiger partial charge is 0.508 e. The predicted octanol–water partition coefficient (Wildman–Crippen LogP) is 10.9. The van der Waals surface area contributed by atoms with Gasteiger partial charge in [-0.15, -0.1) is 0 Å². The Morgan fingerprint density at radius 2 is 1.79 bits per heavy atom. The van der Waals surface area contributed by atoms with Crippen molar-refractivity contribution in [3.63, 3.8) is 0 Å². The van der Waals surface area contributed by atoms with Gasteiger partial charge in [-0.05, 0) is 96.8 Å². The van der Waals surface area contributed by atoms with Crippen molar-refractivity contribution < 1.29 is 9.52 Å². The maximum atomic E-state index is 13.2. The van der Waals surface area contributed by atoms with Gasteiger partial charge < -0.3 is 9.52 Å². The lowest BCUT2D eigenvalue weighted by molar-refractivity contribution is 0.464. The number of benzene rings is 3. The Morgan fingerprint density at radius 1 is 1.02 bits per heavy atom. The number of aromatic nitrogens is 1. The first-order valence-electron chi connectivity index (χ1n) is 16.2. The summed E-state index contributed by atoms with van der Waals surface area (Å²) in [5, 5.41) is 20.7. The van der Waals surface area contributed by atoms with E-state index in [0.29, 0.717) is 31.2 Å². The first-order chi connectivity index (χ1) is 22.9. The lowest BCUT2D eigenvalue weighted by atomic mass is 9.77. The van der Waals surface area contributed by atoms with E-state index < -0.39 is 5.63 Å². The molecule has 3 aromatic carbocycles. The second-order valence-electron chi connectivity index (χ2n) is 12.3. The van der Waals surface area contributed by atoms with Crippen LogP contribution < -0.4 is 10.6 Å². The summed E-state index contributed by atoms with van der Waals surface area (Å²) < 4.78 is 5.71. The minimum Gasteiger partial charge on any atom is -0.508 e. The van der Waals surface area contributed by atoms with E-state index in [4.69, 9.17) is 37.7 Å². The zero-order valence-electron chi connectivity index (χ0n) is 26.1. The first-order valence-corrected chi connectivity index (χ1v) is 17.8. The summed E-state index contributed by atoms with van der Waals surface area (Å²) in [7, 11) is 0. The van der Waals surface area contributed by atoms with Crippen molar-refractivity contribution in [2.45, 2.75) is 64.3 Å². The highest BCUT2D eigenvalue weighted by Crippen LogP contribution is 2.48. The van der Waals surface area contributed by atoms with Crippen LogP contribution in [0.15, 0.2) is 92.8 Å². The Kier molecular flexibility index (Phi) is 9.22. The van der Waals surface area contributed by atoms with Crippen LogP contribution in [0.3, 0.4) is 0 Å². The van der Waals surface area contributed by atoms with Crippen LogP contribution in [0.1, 0.15) is 74.6 Å². The van der Waals surface area contributed by atoms with Gasteiger partial charge in [0.25, 0.3) is 0 Å². The fourth-order valence-electron chi connectivity index (χ4n) is 6.72. The number of halogens is 2. The molecule has 1 N–H and O–H groups in total. The molecule has 0 saturated heterocycles. The Bertz CT molecular complexity index is 2030. The third-order valence-corrected chi connectivity index (χ3v) is 10.6. The van der Waals surface area contributed by atoms with Crippen molar-refractivity contribution in [2.24, 2.45) is 11.0 Å². The van der Waals surface area contributed by atoms with Crippen LogP contribution in [-0.2, 0) is 6.42 Å². The molecule has 3 heterocycles. The molecule has 0 spiro atoms. The highest BCUT2D eigenvalue weighted by molar-refractivity contribution is 7.18. The number of hydrogen-bond acceptors (Lipinski definition) is 7. The Labute approximate surface area is 288 Å². The van der Waals surface area contributed by atoms with Crippen LogP contribution in [0.5, 0.6) is 5.75 Å². The summed E-state index contributed by atoms with van der Waals surface area (Å²) in [6, 6.07) is 21.1. The van der Waals surface area contributed by atoms with Crippen LogP contribution in [-0.4, -0.2) is 15.8 Å². The highest BCUT2D eigenvalue weighted by Gasteiger charge is 2.43. The Morgan fingerprint density at radius 3 is 2.55 bits per heavy atom. The number of phenolic OH excluding ortho intramolecular Hbond substituents is 1. The zero-order chi connectivity index (χ0) is 32.5. The van der Waals surface area contributed by atoms with Crippen molar-refractivity contribution in [2.75, 3.05) is 5.01 Å². The first kappa shape index (κ1) is 31.7. The molecular formula is C38H35Cl2N3O3S. The third kappa shape index (κ3) is 6.62. The molecule has 2 atom stereocenters. The monoisotopic (exact) mass is 683 g/mol. The molecule has 9 heteroatoms. The number of unbranched alkanes of at least 4 members (excludes halogenated alkanes) is 3. The second-order valence-corrected chi connectivity index (χ2v) is 14.2. The van der Waals surface area contributed by atoms with Crippen LogP contribution in [0.4, 0.5) is 5.13 Å².